The smallest absolute Gasteiger partial charge is 0.244 e. The highest BCUT2D eigenvalue weighted by molar-refractivity contribution is 7.88. The highest BCUT2D eigenvalue weighted by Crippen LogP contribution is 2.12. The van der Waals surface area contributed by atoms with Crippen LogP contribution in [0.2, 0.25) is 0 Å². The predicted molar refractivity (Wildman–Crippen MR) is 94.3 cm³/mol. The molecule has 0 aliphatic carbocycles. The number of nitrogens with zero attached hydrogens (tertiary/aromatic N) is 2. The van der Waals surface area contributed by atoms with Gasteiger partial charge in [0, 0.05) is 39.3 Å². The first-order valence-corrected chi connectivity index (χ1v) is 9.95. The van der Waals surface area contributed by atoms with Gasteiger partial charge in [-0.25, -0.2) is 8.42 Å². The molecule has 0 unspecified atom stereocenters. The molecule has 2 rings (SSSR count). The van der Waals surface area contributed by atoms with E-state index in [1.165, 1.54) is 17.4 Å². The summed E-state index contributed by atoms with van der Waals surface area (Å²) in [7, 11) is -1.78. The maximum Gasteiger partial charge on any atom is 0.244 e. The number of morpholine rings is 1. The number of carbonyl (C=O) groups is 1. The van der Waals surface area contributed by atoms with Crippen LogP contribution in [-0.2, 0) is 26.1 Å². The molecule has 0 saturated carbocycles. The lowest BCUT2D eigenvalue weighted by atomic mass is 10.3. The first-order chi connectivity index (χ1) is 11.8. The van der Waals surface area contributed by atoms with Crippen molar-refractivity contribution in [2.24, 2.45) is 0 Å². The zero-order valence-electron chi connectivity index (χ0n) is 14.6. The Morgan fingerprint density at radius 2 is 2.08 bits per heavy atom. The zero-order valence-corrected chi connectivity index (χ0v) is 15.4. The average Bonchev–Trinajstić information content (AvgIpc) is 3.00. The van der Waals surface area contributed by atoms with Gasteiger partial charge in [0.1, 0.15) is 11.5 Å². The van der Waals surface area contributed by atoms with Crippen molar-refractivity contribution in [2.45, 2.75) is 6.54 Å². The lowest BCUT2D eigenvalue weighted by Gasteiger charge is -2.26. The first-order valence-electron chi connectivity index (χ1n) is 8.10. The molecule has 1 fully saturated rings. The van der Waals surface area contributed by atoms with Gasteiger partial charge in [-0.15, -0.1) is 0 Å². The van der Waals surface area contributed by atoms with Gasteiger partial charge in [0.05, 0.1) is 26.0 Å². The van der Waals surface area contributed by atoms with E-state index in [-0.39, 0.29) is 12.5 Å². The molecule has 1 saturated heterocycles. The second kappa shape index (κ2) is 9.14. The van der Waals surface area contributed by atoms with Crippen molar-refractivity contribution >= 4 is 22.0 Å². The average molecular weight is 371 g/mol. The summed E-state index contributed by atoms with van der Waals surface area (Å²) in [6, 6.07) is 3.39. The fraction of sp³-hybridized carbons (Fsp3) is 0.562. The van der Waals surface area contributed by atoms with E-state index in [2.05, 4.69) is 10.2 Å². The van der Waals surface area contributed by atoms with Gasteiger partial charge in [0.2, 0.25) is 15.9 Å². The van der Waals surface area contributed by atoms with Crippen molar-refractivity contribution in [3.8, 4) is 0 Å². The Hall–Kier alpha value is -1.68. The number of sulfonamides is 1. The Labute approximate surface area is 148 Å². The van der Waals surface area contributed by atoms with E-state index < -0.39 is 10.0 Å². The molecule has 1 aliphatic heterocycles. The van der Waals surface area contributed by atoms with Crippen molar-refractivity contribution < 1.29 is 22.4 Å². The predicted octanol–water partition coefficient (Wildman–Crippen LogP) is 0.133. The van der Waals surface area contributed by atoms with Gasteiger partial charge >= 0.3 is 0 Å². The van der Waals surface area contributed by atoms with Gasteiger partial charge in [0.25, 0.3) is 0 Å². The van der Waals surface area contributed by atoms with Crippen LogP contribution < -0.4 is 5.32 Å². The minimum atomic E-state index is -3.26. The molecule has 1 amide bonds. The fourth-order valence-electron chi connectivity index (χ4n) is 2.28. The number of amides is 1. The van der Waals surface area contributed by atoms with Gasteiger partial charge < -0.3 is 14.5 Å². The molecular weight excluding hydrogens is 346 g/mol. The number of nitrogens with one attached hydrogen (secondary N) is 1. The molecule has 0 spiro atoms. The van der Waals surface area contributed by atoms with E-state index in [1.54, 1.807) is 18.2 Å². The third kappa shape index (κ3) is 6.99. The van der Waals surface area contributed by atoms with Crippen LogP contribution in [0, 0.1) is 0 Å². The molecule has 140 valence electrons. The van der Waals surface area contributed by atoms with Crippen LogP contribution in [0.4, 0.5) is 0 Å². The van der Waals surface area contributed by atoms with Crippen molar-refractivity contribution in [3.05, 3.63) is 29.7 Å². The van der Waals surface area contributed by atoms with Crippen LogP contribution in [0.3, 0.4) is 0 Å². The summed E-state index contributed by atoms with van der Waals surface area (Å²) in [5.74, 6) is 0.819. The summed E-state index contributed by atoms with van der Waals surface area (Å²) >= 11 is 0. The Balaban J connectivity index is 1.74. The minimum absolute atomic E-state index is 0.151. The van der Waals surface area contributed by atoms with E-state index >= 15 is 0 Å². The molecule has 1 aromatic heterocycles. The molecule has 0 atom stereocenters. The van der Waals surface area contributed by atoms with Crippen LogP contribution in [0.25, 0.3) is 6.08 Å². The first kappa shape index (κ1) is 19.6. The van der Waals surface area contributed by atoms with E-state index in [0.29, 0.717) is 18.1 Å². The molecule has 25 heavy (non-hydrogen) atoms. The third-order valence-electron chi connectivity index (χ3n) is 3.86. The lowest BCUT2D eigenvalue weighted by Crippen LogP contribution is -2.41. The number of carbonyl (C=O) groups excluding carboxylic acids is 1. The Kier molecular flexibility index (Phi) is 7.18. The highest BCUT2D eigenvalue weighted by Gasteiger charge is 2.13. The summed E-state index contributed by atoms with van der Waals surface area (Å²) in [6.45, 7) is 4.79. The second-order valence-corrected chi connectivity index (χ2v) is 7.99. The summed E-state index contributed by atoms with van der Waals surface area (Å²) in [5.41, 5.74) is 0. The van der Waals surface area contributed by atoms with Gasteiger partial charge in [0.15, 0.2) is 0 Å². The minimum Gasteiger partial charge on any atom is -0.460 e. The molecule has 9 heteroatoms. The summed E-state index contributed by atoms with van der Waals surface area (Å²) in [5, 5.41) is 2.82. The molecule has 1 aliphatic rings. The third-order valence-corrected chi connectivity index (χ3v) is 5.12. The molecule has 0 bridgehead atoms. The Morgan fingerprint density at radius 3 is 2.76 bits per heavy atom. The zero-order chi connectivity index (χ0) is 18.3. The summed E-state index contributed by atoms with van der Waals surface area (Å²) in [4.78, 5) is 14.0. The van der Waals surface area contributed by atoms with Crippen LogP contribution in [-0.4, -0.2) is 76.2 Å². The molecule has 1 N–H and O–H groups in total. The summed E-state index contributed by atoms with van der Waals surface area (Å²) in [6.07, 6.45) is 4.11. The summed E-state index contributed by atoms with van der Waals surface area (Å²) < 4.78 is 34.7. The Morgan fingerprint density at radius 1 is 1.36 bits per heavy atom. The van der Waals surface area contributed by atoms with Crippen molar-refractivity contribution in [3.63, 3.8) is 0 Å². The standard InChI is InChI=1S/C16H25N3O5S/c1-18(25(2,21)22)13-15-4-3-14(24-15)5-6-16(20)17-7-8-19-9-11-23-12-10-19/h3-6H,7-13H2,1-2H3,(H,17,20)/b6-5+. The van der Waals surface area contributed by atoms with Crippen molar-refractivity contribution in [2.75, 3.05) is 52.7 Å². The maximum absolute atomic E-state index is 11.8. The molecular formula is C16H25N3O5S. The van der Waals surface area contributed by atoms with E-state index in [9.17, 15) is 13.2 Å². The maximum atomic E-state index is 11.8. The van der Waals surface area contributed by atoms with Gasteiger partial charge in [-0.2, -0.15) is 4.31 Å². The molecule has 8 nitrogen and oxygen atoms in total. The molecule has 0 radical (unpaired) electrons. The van der Waals surface area contributed by atoms with E-state index in [1.807, 2.05) is 0 Å². The lowest BCUT2D eigenvalue weighted by molar-refractivity contribution is -0.116. The number of hydrogen-bond donors (Lipinski definition) is 1. The van der Waals surface area contributed by atoms with Crippen molar-refractivity contribution in [1.82, 2.24) is 14.5 Å². The van der Waals surface area contributed by atoms with E-state index in [0.717, 1.165) is 39.1 Å². The number of hydrogen-bond acceptors (Lipinski definition) is 6. The van der Waals surface area contributed by atoms with Crippen LogP contribution in [0.15, 0.2) is 22.6 Å². The monoisotopic (exact) mass is 371 g/mol. The topological polar surface area (TPSA) is 92.1 Å². The SMILES string of the molecule is CN(Cc1ccc(/C=C/C(=O)NCCN2CCOCC2)o1)S(C)(=O)=O. The van der Waals surface area contributed by atoms with Crippen LogP contribution in [0.1, 0.15) is 11.5 Å². The quantitative estimate of drug-likeness (QED) is 0.653. The molecule has 2 heterocycles. The molecule has 1 aromatic rings. The normalized spacial score (nSPS) is 16.6. The number of ether oxygens (including phenoxy) is 1. The fourth-order valence-corrected chi connectivity index (χ4v) is 2.65. The van der Waals surface area contributed by atoms with Crippen molar-refractivity contribution in [1.29, 1.82) is 0 Å². The number of furan rings is 1. The number of rotatable bonds is 8. The second-order valence-electron chi connectivity index (χ2n) is 5.90. The van der Waals surface area contributed by atoms with Gasteiger partial charge in [-0.05, 0) is 18.2 Å². The Bertz CT molecular complexity index is 692. The van der Waals surface area contributed by atoms with Gasteiger partial charge in [-0.3, -0.25) is 9.69 Å². The van der Waals surface area contributed by atoms with Gasteiger partial charge in [-0.1, -0.05) is 0 Å². The van der Waals surface area contributed by atoms with E-state index in [4.69, 9.17) is 9.15 Å². The highest BCUT2D eigenvalue weighted by atomic mass is 32.2. The largest absolute Gasteiger partial charge is 0.460 e. The van der Waals surface area contributed by atoms with Crippen LogP contribution in [0.5, 0.6) is 0 Å². The van der Waals surface area contributed by atoms with Crippen LogP contribution >= 0.6 is 0 Å². The molecule has 0 aromatic carbocycles.